The van der Waals surface area contributed by atoms with Gasteiger partial charge in [-0.15, -0.1) is 17.5 Å². The Labute approximate surface area is 220 Å². The molecule has 0 radical (unpaired) electrons. The van der Waals surface area contributed by atoms with Crippen molar-refractivity contribution in [2.45, 2.75) is 25.2 Å². The van der Waals surface area contributed by atoms with Crippen LogP contribution in [0.3, 0.4) is 0 Å². The molecule has 0 saturated carbocycles. The number of rotatable bonds is 11. The molecule has 0 aliphatic heterocycles. The number of nitrogens with one attached hydrogen (secondary N) is 1. The average Bonchev–Trinajstić information content (AvgIpc) is 3.33. The van der Waals surface area contributed by atoms with Crippen molar-refractivity contribution in [2.24, 2.45) is 0 Å². The van der Waals surface area contributed by atoms with E-state index in [0.717, 1.165) is 34.3 Å². The van der Waals surface area contributed by atoms with Crippen molar-refractivity contribution < 1.29 is 9.47 Å². The molecular weight excluding hydrogens is 505 g/mol. The predicted molar refractivity (Wildman–Crippen MR) is 142 cm³/mol. The Morgan fingerprint density at radius 3 is 2.54 bits per heavy atom. The summed E-state index contributed by atoms with van der Waals surface area (Å²) in [6, 6.07) is 21.9. The number of halogens is 2. The lowest BCUT2D eigenvalue weighted by molar-refractivity contribution is 0.284. The molecule has 4 rings (SSSR count). The number of methoxy groups -OCH3 is 1. The number of hydrogen-bond acceptors (Lipinski definition) is 7. The van der Waals surface area contributed by atoms with Crippen LogP contribution < -0.4 is 14.8 Å². The Morgan fingerprint density at radius 2 is 1.80 bits per heavy atom. The van der Waals surface area contributed by atoms with Gasteiger partial charge in [-0.3, -0.25) is 0 Å². The highest BCUT2D eigenvalue weighted by atomic mass is 35.5. The number of ether oxygens (including phenoxy) is 2. The van der Waals surface area contributed by atoms with Gasteiger partial charge in [-0.05, 0) is 52.7 Å². The summed E-state index contributed by atoms with van der Waals surface area (Å²) < 4.78 is 13.3. The molecular formula is C25H27Cl2N5O2S. The summed E-state index contributed by atoms with van der Waals surface area (Å²) in [6.07, 6.45) is 0. The van der Waals surface area contributed by atoms with Gasteiger partial charge in [0.1, 0.15) is 6.61 Å². The molecule has 0 aliphatic carbocycles. The largest absolute Gasteiger partial charge is 0.493 e. The normalized spacial score (nSPS) is 10.6. The average molecular weight is 532 g/mol. The van der Waals surface area contributed by atoms with E-state index < -0.39 is 0 Å². The maximum absolute atomic E-state index is 6.53. The van der Waals surface area contributed by atoms with E-state index in [1.54, 1.807) is 23.6 Å². The van der Waals surface area contributed by atoms with E-state index >= 15 is 0 Å². The number of aromatic nitrogens is 4. The maximum atomic E-state index is 6.53. The fourth-order valence-corrected chi connectivity index (χ4v) is 4.38. The van der Waals surface area contributed by atoms with E-state index in [0.29, 0.717) is 29.7 Å². The van der Waals surface area contributed by atoms with Gasteiger partial charge in [0.25, 0.3) is 0 Å². The number of aryl methyl sites for hydroxylation is 1. The Balaban J connectivity index is 0.00000342. The minimum absolute atomic E-state index is 0. The van der Waals surface area contributed by atoms with Gasteiger partial charge < -0.3 is 14.8 Å². The molecule has 0 saturated heterocycles. The monoisotopic (exact) mass is 531 g/mol. The van der Waals surface area contributed by atoms with E-state index in [-0.39, 0.29) is 12.4 Å². The van der Waals surface area contributed by atoms with Gasteiger partial charge in [0.15, 0.2) is 11.5 Å². The molecule has 1 N–H and O–H groups in total. The molecule has 4 aromatic rings. The van der Waals surface area contributed by atoms with Crippen LogP contribution in [0.2, 0.25) is 5.02 Å². The quantitative estimate of drug-likeness (QED) is 0.202. The van der Waals surface area contributed by atoms with Gasteiger partial charge in [-0.2, -0.15) is 4.68 Å². The van der Waals surface area contributed by atoms with Gasteiger partial charge >= 0.3 is 0 Å². The van der Waals surface area contributed by atoms with E-state index in [1.807, 2.05) is 54.6 Å². The van der Waals surface area contributed by atoms with Crippen LogP contribution in [0.1, 0.15) is 16.7 Å². The van der Waals surface area contributed by atoms with Crippen molar-refractivity contribution in [3.8, 4) is 17.2 Å². The molecule has 0 fully saturated rings. The first kappa shape index (κ1) is 26.8. The van der Waals surface area contributed by atoms with Crippen LogP contribution in [0.15, 0.2) is 71.9 Å². The molecule has 1 heterocycles. The summed E-state index contributed by atoms with van der Waals surface area (Å²) in [5, 5.41) is 16.7. The highest BCUT2D eigenvalue weighted by molar-refractivity contribution is 7.99. The molecule has 0 atom stereocenters. The highest BCUT2D eigenvalue weighted by Gasteiger charge is 2.13. The van der Waals surface area contributed by atoms with E-state index in [2.05, 4.69) is 39.9 Å². The Morgan fingerprint density at radius 1 is 1.03 bits per heavy atom. The number of benzene rings is 3. The van der Waals surface area contributed by atoms with Crippen LogP contribution in [-0.2, 0) is 13.2 Å². The summed E-state index contributed by atoms with van der Waals surface area (Å²) in [6.45, 7) is 3.91. The number of tetrazole rings is 1. The SMILES string of the molecule is COc1cc(CNCCSc2nnnn2-c2ccccc2)cc(Cl)c1OCc1ccc(C)cc1.Cl. The van der Waals surface area contributed by atoms with Crippen molar-refractivity contribution in [1.29, 1.82) is 0 Å². The predicted octanol–water partition coefficient (Wildman–Crippen LogP) is 5.52. The molecule has 0 spiro atoms. The van der Waals surface area contributed by atoms with Crippen molar-refractivity contribution >= 4 is 35.8 Å². The fourth-order valence-electron chi connectivity index (χ4n) is 3.30. The molecule has 0 aliphatic rings. The zero-order valence-corrected chi connectivity index (χ0v) is 21.9. The number of hydrogen-bond donors (Lipinski definition) is 1. The lowest BCUT2D eigenvalue weighted by Gasteiger charge is -2.15. The van der Waals surface area contributed by atoms with Crippen LogP contribution >= 0.6 is 35.8 Å². The third-order valence-electron chi connectivity index (χ3n) is 5.07. The third kappa shape index (κ3) is 7.35. The van der Waals surface area contributed by atoms with Crippen LogP contribution in [0, 0.1) is 6.92 Å². The third-order valence-corrected chi connectivity index (χ3v) is 6.28. The Hall–Kier alpha value is -2.78. The molecule has 0 unspecified atom stereocenters. The summed E-state index contributed by atoms with van der Waals surface area (Å²) in [5.41, 5.74) is 4.24. The minimum Gasteiger partial charge on any atom is -0.493 e. The first-order valence-electron chi connectivity index (χ1n) is 10.9. The second kappa shape index (κ2) is 13.3. The topological polar surface area (TPSA) is 74.1 Å². The van der Waals surface area contributed by atoms with Crippen LogP contribution in [0.5, 0.6) is 11.5 Å². The first-order chi connectivity index (χ1) is 16.6. The summed E-state index contributed by atoms with van der Waals surface area (Å²) in [4.78, 5) is 0. The van der Waals surface area contributed by atoms with Crippen molar-refractivity contribution in [2.75, 3.05) is 19.4 Å². The van der Waals surface area contributed by atoms with Crippen LogP contribution in [0.25, 0.3) is 5.69 Å². The lowest BCUT2D eigenvalue weighted by atomic mass is 10.1. The smallest absolute Gasteiger partial charge is 0.214 e. The summed E-state index contributed by atoms with van der Waals surface area (Å²) in [7, 11) is 1.62. The number of nitrogens with zero attached hydrogens (tertiary/aromatic N) is 4. The molecule has 1 aromatic heterocycles. The highest BCUT2D eigenvalue weighted by Crippen LogP contribution is 2.37. The van der Waals surface area contributed by atoms with E-state index in [4.69, 9.17) is 21.1 Å². The second-order valence-electron chi connectivity index (χ2n) is 7.62. The Kier molecular flexibility index (Phi) is 10.2. The fraction of sp³-hybridized carbons (Fsp3) is 0.240. The standard InChI is InChI=1S/C25H26ClN5O2S.ClH/c1-18-8-10-19(11-9-18)17-33-24-22(26)14-20(15-23(24)32-2)16-27-12-13-34-25-28-29-30-31(25)21-6-4-3-5-7-21;/h3-11,14-15,27H,12-13,16-17H2,1-2H3;1H. The number of para-hydroxylation sites is 1. The van der Waals surface area contributed by atoms with Crippen molar-refractivity contribution in [1.82, 2.24) is 25.5 Å². The zero-order valence-electron chi connectivity index (χ0n) is 19.5. The van der Waals surface area contributed by atoms with Gasteiger partial charge in [-0.1, -0.05) is 71.4 Å². The molecule has 10 heteroatoms. The first-order valence-corrected chi connectivity index (χ1v) is 12.2. The van der Waals surface area contributed by atoms with Gasteiger partial charge in [0.2, 0.25) is 5.16 Å². The lowest BCUT2D eigenvalue weighted by Crippen LogP contribution is -2.17. The molecule has 35 heavy (non-hydrogen) atoms. The minimum atomic E-state index is 0. The molecule has 7 nitrogen and oxygen atoms in total. The zero-order chi connectivity index (χ0) is 23.8. The number of thioether (sulfide) groups is 1. The van der Waals surface area contributed by atoms with Crippen molar-refractivity contribution in [3.63, 3.8) is 0 Å². The maximum Gasteiger partial charge on any atom is 0.214 e. The van der Waals surface area contributed by atoms with E-state index in [1.165, 1.54) is 5.56 Å². The molecule has 184 valence electrons. The van der Waals surface area contributed by atoms with Crippen molar-refractivity contribution in [3.05, 3.63) is 88.4 Å². The van der Waals surface area contributed by atoms with Crippen LogP contribution in [-0.4, -0.2) is 39.6 Å². The van der Waals surface area contributed by atoms with Gasteiger partial charge in [0.05, 0.1) is 17.8 Å². The Bertz CT molecular complexity index is 1210. The van der Waals surface area contributed by atoms with Crippen LogP contribution in [0.4, 0.5) is 0 Å². The summed E-state index contributed by atoms with van der Waals surface area (Å²) in [5.74, 6) is 1.99. The van der Waals surface area contributed by atoms with Gasteiger partial charge in [0, 0.05) is 18.8 Å². The van der Waals surface area contributed by atoms with Gasteiger partial charge in [-0.25, -0.2) is 0 Å². The second-order valence-corrected chi connectivity index (χ2v) is 9.09. The molecule has 0 amide bonds. The van der Waals surface area contributed by atoms with E-state index in [9.17, 15) is 0 Å². The molecule has 0 bridgehead atoms. The summed E-state index contributed by atoms with van der Waals surface area (Å²) >= 11 is 8.12. The molecule has 3 aromatic carbocycles.